The van der Waals surface area contributed by atoms with Crippen molar-refractivity contribution in [3.05, 3.63) is 58.7 Å². The lowest BCUT2D eigenvalue weighted by atomic mass is 9.83. The van der Waals surface area contributed by atoms with Crippen LogP contribution >= 0.6 is 11.6 Å². The summed E-state index contributed by atoms with van der Waals surface area (Å²) in [5.41, 5.74) is 2.52. The number of amides is 1. The minimum Gasteiger partial charge on any atom is -0.489 e. The SMILES string of the molecule is CC(C)Oc1cc2c(cc1Nc1ncc(Cl)c(Nc3ccccc3S(=O)(=O)C(C)C)n1)C(=O)N([C@@H]1CN3CCC1CC3)C2. The van der Waals surface area contributed by atoms with Crippen molar-refractivity contribution >= 4 is 50.5 Å². The average molecular weight is 625 g/mol. The molecule has 5 heterocycles. The van der Waals surface area contributed by atoms with Gasteiger partial charge in [-0.2, -0.15) is 4.98 Å². The van der Waals surface area contributed by atoms with Crippen LogP contribution in [0.5, 0.6) is 5.75 Å². The highest BCUT2D eigenvalue weighted by molar-refractivity contribution is 7.92. The van der Waals surface area contributed by atoms with E-state index in [0.717, 1.165) is 38.0 Å². The van der Waals surface area contributed by atoms with Gasteiger partial charge in [0.05, 0.1) is 33.8 Å². The van der Waals surface area contributed by atoms with Gasteiger partial charge in [-0.25, -0.2) is 13.4 Å². The lowest BCUT2D eigenvalue weighted by Crippen LogP contribution is -2.57. The van der Waals surface area contributed by atoms with Crippen LogP contribution in [0.25, 0.3) is 0 Å². The Morgan fingerprint density at radius 1 is 1.05 bits per heavy atom. The maximum absolute atomic E-state index is 13.7. The number of piperidine rings is 3. The molecule has 0 spiro atoms. The molecule has 0 aliphatic carbocycles. The normalized spacial score (nSPS) is 21.4. The van der Waals surface area contributed by atoms with E-state index in [1.54, 1.807) is 38.1 Å². The van der Waals surface area contributed by atoms with Crippen molar-refractivity contribution in [2.75, 3.05) is 30.3 Å². The van der Waals surface area contributed by atoms with Gasteiger partial charge in [0.1, 0.15) is 10.8 Å². The van der Waals surface area contributed by atoms with Crippen LogP contribution in [0, 0.1) is 5.92 Å². The van der Waals surface area contributed by atoms with Gasteiger partial charge in [-0.15, -0.1) is 0 Å². The van der Waals surface area contributed by atoms with Crippen molar-refractivity contribution in [1.82, 2.24) is 19.8 Å². The molecule has 0 unspecified atom stereocenters. The van der Waals surface area contributed by atoms with Crippen LogP contribution in [0.4, 0.5) is 23.1 Å². The van der Waals surface area contributed by atoms with Crippen LogP contribution in [0.1, 0.15) is 56.5 Å². The predicted molar refractivity (Wildman–Crippen MR) is 167 cm³/mol. The van der Waals surface area contributed by atoms with E-state index in [-0.39, 0.29) is 39.7 Å². The van der Waals surface area contributed by atoms with Gasteiger partial charge in [-0.3, -0.25) is 4.79 Å². The van der Waals surface area contributed by atoms with E-state index in [1.807, 2.05) is 30.9 Å². The molecule has 0 saturated carbocycles. The Morgan fingerprint density at radius 3 is 2.47 bits per heavy atom. The second-order valence-electron chi connectivity index (χ2n) is 12.0. The lowest BCUT2D eigenvalue weighted by Gasteiger charge is -2.48. The van der Waals surface area contributed by atoms with E-state index in [1.165, 1.54) is 6.20 Å². The van der Waals surface area contributed by atoms with Gasteiger partial charge in [0.2, 0.25) is 5.95 Å². The van der Waals surface area contributed by atoms with E-state index in [9.17, 15) is 13.2 Å². The highest BCUT2D eigenvalue weighted by atomic mass is 35.5. The van der Waals surface area contributed by atoms with Gasteiger partial charge in [-0.1, -0.05) is 23.7 Å². The third-order valence-electron chi connectivity index (χ3n) is 8.48. The molecule has 3 saturated heterocycles. The zero-order valence-electron chi connectivity index (χ0n) is 24.8. The standard InChI is InChI=1S/C31H37ClN6O4S/c1-18(2)42-27-13-21-16-38(26-17-37-11-9-20(26)10-12-37)30(39)22(21)14-25(27)35-31-33-15-23(32)29(36-31)34-24-7-5-6-8-28(24)43(40,41)19(3)4/h5-8,13-15,18-20,26H,9-12,16-17H2,1-4H3,(H2,33,34,35,36)/t26-/m1/s1. The minimum absolute atomic E-state index is 0.0373. The number of carbonyl (C=O) groups excluding carboxylic acids is 1. The molecule has 228 valence electrons. The van der Waals surface area contributed by atoms with E-state index < -0.39 is 15.1 Å². The molecular weight excluding hydrogens is 588 g/mol. The number of carbonyl (C=O) groups is 1. The number of fused-ring (bicyclic) bond motifs is 4. The first kappa shape index (κ1) is 29.7. The second-order valence-corrected chi connectivity index (χ2v) is 14.9. The van der Waals surface area contributed by atoms with Crippen molar-refractivity contribution in [2.24, 2.45) is 5.92 Å². The predicted octanol–water partition coefficient (Wildman–Crippen LogP) is 5.64. The summed E-state index contributed by atoms with van der Waals surface area (Å²) < 4.78 is 32.1. The highest BCUT2D eigenvalue weighted by Gasteiger charge is 2.42. The van der Waals surface area contributed by atoms with Gasteiger partial charge in [0.25, 0.3) is 5.91 Å². The van der Waals surface area contributed by atoms with Crippen molar-refractivity contribution in [3.63, 3.8) is 0 Å². The quantitative estimate of drug-likeness (QED) is 0.312. The van der Waals surface area contributed by atoms with E-state index >= 15 is 0 Å². The second kappa shape index (κ2) is 11.6. The number of halogens is 1. The summed E-state index contributed by atoms with van der Waals surface area (Å²) >= 11 is 6.45. The summed E-state index contributed by atoms with van der Waals surface area (Å²) in [6, 6.07) is 10.6. The van der Waals surface area contributed by atoms with Gasteiger partial charge in [0, 0.05) is 24.7 Å². The molecule has 7 rings (SSSR count). The number of nitrogens with zero attached hydrogens (tertiary/aromatic N) is 4. The maximum Gasteiger partial charge on any atom is 0.254 e. The largest absolute Gasteiger partial charge is 0.489 e. The monoisotopic (exact) mass is 624 g/mol. The van der Waals surface area contributed by atoms with E-state index in [4.69, 9.17) is 16.3 Å². The van der Waals surface area contributed by atoms with Crippen LogP contribution in [0.15, 0.2) is 47.5 Å². The maximum atomic E-state index is 13.7. The number of ether oxygens (including phenoxy) is 1. The lowest BCUT2D eigenvalue weighted by molar-refractivity contribution is 0.00845. The first-order valence-corrected chi connectivity index (χ1v) is 16.7. The van der Waals surface area contributed by atoms with Crippen LogP contribution in [0.3, 0.4) is 0 Å². The van der Waals surface area contributed by atoms with Crippen molar-refractivity contribution in [1.29, 1.82) is 0 Å². The number of sulfone groups is 1. The first-order valence-electron chi connectivity index (χ1n) is 14.8. The number of hydrogen-bond acceptors (Lipinski definition) is 9. The summed E-state index contributed by atoms with van der Waals surface area (Å²) in [6.45, 7) is 10.9. The molecule has 1 amide bonds. The number of hydrogen-bond donors (Lipinski definition) is 2. The number of anilines is 4. The van der Waals surface area contributed by atoms with Crippen molar-refractivity contribution in [3.8, 4) is 5.75 Å². The molecule has 1 aromatic heterocycles. The van der Waals surface area contributed by atoms with Gasteiger partial charge >= 0.3 is 0 Å². The third-order valence-corrected chi connectivity index (χ3v) is 11.0. The Bertz CT molecular complexity index is 1660. The fraction of sp³-hybridized carbons (Fsp3) is 0.452. The Morgan fingerprint density at radius 2 is 1.79 bits per heavy atom. The summed E-state index contributed by atoms with van der Waals surface area (Å²) in [5.74, 6) is 1.63. The number of para-hydroxylation sites is 1. The molecule has 2 N–H and O–H groups in total. The van der Waals surface area contributed by atoms with Gasteiger partial charge in [0.15, 0.2) is 15.7 Å². The molecule has 0 radical (unpaired) electrons. The van der Waals surface area contributed by atoms with E-state index in [0.29, 0.717) is 35.2 Å². The summed E-state index contributed by atoms with van der Waals surface area (Å²) in [6.07, 6.45) is 3.61. The van der Waals surface area contributed by atoms with Crippen molar-refractivity contribution in [2.45, 2.75) is 69.4 Å². The van der Waals surface area contributed by atoms with Gasteiger partial charge < -0.3 is 25.2 Å². The molecule has 4 aliphatic heterocycles. The topological polar surface area (TPSA) is 117 Å². The smallest absolute Gasteiger partial charge is 0.254 e. The Hall–Kier alpha value is -3.41. The molecule has 1 atom stereocenters. The molecule has 3 aromatic rings. The molecule has 3 fully saturated rings. The first-order chi connectivity index (χ1) is 20.5. The summed E-state index contributed by atoms with van der Waals surface area (Å²) in [7, 11) is -3.56. The number of benzene rings is 2. The van der Waals surface area contributed by atoms with Crippen LogP contribution in [-0.2, 0) is 16.4 Å². The van der Waals surface area contributed by atoms with Crippen LogP contribution < -0.4 is 15.4 Å². The third kappa shape index (κ3) is 5.77. The van der Waals surface area contributed by atoms with Crippen LogP contribution in [0.2, 0.25) is 5.02 Å². The van der Waals surface area contributed by atoms with Crippen LogP contribution in [-0.4, -0.2) is 71.1 Å². The Balaban J connectivity index is 1.29. The zero-order valence-corrected chi connectivity index (χ0v) is 26.4. The van der Waals surface area contributed by atoms with Crippen molar-refractivity contribution < 1.29 is 17.9 Å². The molecule has 43 heavy (non-hydrogen) atoms. The van der Waals surface area contributed by atoms with E-state index in [2.05, 4.69) is 25.5 Å². The molecule has 2 aromatic carbocycles. The average Bonchev–Trinajstić information content (AvgIpc) is 3.30. The minimum atomic E-state index is -3.56. The van der Waals surface area contributed by atoms with Gasteiger partial charge in [-0.05, 0) is 89.4 Å². The fourth-order valence-electron chi connectivity index (χ4n) is 6.20. The Kier molecular flexibility index (Phi) is 7.99. The molecule has 10 nitrogen and oxygen atoms in total. The molecule has 4 aliphatic rings. The highest BCUT2D eigenvalue weighted by Crippen LogP contribution is 2.40. The number of aromatic nitrogens is 2. The summed E-state index contributed by atoms with van der Waals surface area (Å²) in [4.78, 5) is 27.3. The fourth-order valence-corrected chi connectivity index (χ4v) is 7.54. The molecule has 12 heteroatoms. The zero-order chi connectivity index (χ0) is 30.5. The molecule has 2 bridgehead atoms. The number of rotatable bonds is 9. The Labute approximate surface area is 257 Å². The number of nitrogens with one attached hydrogen (secondary N) is 2. The molecular formula is C31H37ClN6O4S. The summed E-state index contributed by atoms with van der Waals surface area (Å²) in [5, 5.41) is 5.92.